The standard InChI is InChI=1S/C8H8FN5/c1-10-8-11-5-6(9)7(13-8)14-4-2-3-12-14/h2-5H,1H3,(H,10,11,13). The first-order chi connectivity index (χ1) is 6.81. The number of halogens is 1. The summed E-state index contributed by atoms with van der Waals surface area (Å²) in [4.78, 5) is 7.67. The number of rotatable bonds is 2. The van der Waals surface area contributed by atoms with Crippen LogP contribution in [0.2, 0.25) is 0 Å². The first-order valence-corrected chi connectivity index (χ1v) is 4.01. The van der Waals surface area contributed by atoms with Crippen molar-refractivity contribution in [2.45, 2.75) is 0 Å². The zero-order valence-electron chi connectivity index (χ0n) is 7.48. The number of hydrogen-bond acceptors (Lipinski definition) is 4. The molecule has 72 valence electrons. The highest BCUT2D eigenvalue weighted by Crippen LogP contribution is 2.09. The van der Waals surface area contributed by atoms with Crippen LogP contribution in [0.25, 0.3) is 5.82 Å². The third kappa shape index (κ3) is 1.41. The van der Waals surface area contributed by atoms with Crippen LogP contribution in [0.5, 0.6) is 0 Å². The van der Waals surface area contributed by atoms with E-state index < -0.39 is 5.82 Å². The second kappa shape index (κ2) is 3.41. The van der Waals surface area contributed by atoms with Gasteiger partial charge in [0.2, 0.25) is 5.95 Å². The zero-order chi connectivity index (χ0) is 9.97. The molecule has 0 unspecified atom stereocenters. The van der Waals surface area contributed by atoms with Crippen molar-refractivity contribution in [1.29, 1.82) is 0 Å². The molecular formula is C8H8FN5. The summed E-state index contributed by atoms with van der Waals surface area (Å²) in [6, 6.07) is 1.70. The van der Waals surface area contributed by atoms with E-state index in [9.17, 15) is 4.39 Å². The Kier molecular flexibility index (Phi) is 2.10. The summed E-state index contributed by atoms with van der Waals surface area (Å²) in [6.07, 6.45) is 4.28. The van der Waals surface area contributed by atoms with Crippen LogP contribution in [0.1, 0.15) is 0 Å². The highest BCUT2D eigenvalue weighted by atomic mass is 19.1. The van der Waals surface area contributed by atoms with Gasteiger partial charge in [-0.1, -0.05) is 0 Å². The van der Waals surface area contributed by atoms with Crippen LogP contribution in [-0.4, -0.2) is 26.8 Å². The van der Waals surface area contributed by atoms with Gasteiger partial charge in [-0.2, -0.15) is 10.1 Å². The van der Waals surface area contributed by atoms with Gasteiger partial charge in [-0.3, -0.25) is 0 Å². The lowest BCUT2D eigenvalue weighted by atomic mass is 10.5. The summed E-state index contributed by atoms with van der Waals surface area (Å²) in [5, 5.41) is 6.61. The van der Waals surface area contributed by atoms with Gasteiger partial charge in [0.05, 0.1) is 6.20 Å². The fraction of sp³-hybridized carbons (Fsp3) is 0.125. The molecule has 0 spiro atoms. The van der Waals surface area contributed by atoms with Crippen molar-refractivity contribution in [2.24, 2.45) is 0 Å². The Hall–Kier alpha value is -1.98. The Morgan fingerprint density at radius 3 is 3.00 bits per heavy atom. The molecule has 14 heavy (non-hydrogen) atoms. The zero-order valence-corrected chi connectivity index (χ0v) is 7.48. The molecular weight excluding hydrogens is 185 g/mol. The Morgan fingerprint density at radius 1 is 1.50 bits per heavy atom. The van der Waals surface area contributed by atoms with Crippen LogP contribution >= 0.6 is 0 Å². The first kappa shape index (κ1) is 8.61. The summed E-state index contributed by atoms with van der Waals surface area (Å²) in [7, 11) is 1.67. The Morgan fingerprint density at radius 2 is 2.36 bits per heavy atom. The van der Waals surface area contributed by atoms with Crippen molar-refractivity contribution >= 4 is 5.95 Å². The number of nitrogens with one attached hydrogen (secondary N) is 1. The molecule has 5 nitrogen and oxygen atoms in total. The predicted molar refractivity (Wildman–Crippen MR) is 48.7 cm³/mol. The summed E-state index contributed by atoms with van der Waals surface area (Å²) in [5.41, 5.74) is 0. The van der Waals surface area contributed by atoms with E-state index in [-0.39, 0.29) is 5.82 Å². The molecule has 0 amide bonds. The average molecular weight is 193 g/mol. The second-order valence-corrected chi connectivity index (χ2v) is 2.57. The maximum atomic E-state index is 13.3. The van der Waals surface area contributed by atoms with Gasteiger partial charge in [0.15, 0.2) is 11.6 Å². The molecule has 0 saturated heterocycles. The van der Waals surface area contributed by atoms with Gasteiger partial charge in [0.1, 0.15) is 0 Å². The summed E-state index contributed by atoms with van der Waals surface area (Å²) < 4.78 is 14.6. The predicted octanol–water partition coefficient (Wildman–Crippen LogP) is 0.843. The lowest BCUT2D eigenvalue weighted by Gasteiger charge is -2.03. The van der Waals surface area contributed by atoms with Crippen LogP contribution in [-0.2, 0) is 0 Å². The van der Waals surface area contributed by atoms with E-state index >= 15 is 0 Å². The Balaban J connectivity index is 2.51. The normalized spacial score (nSPS) is 10.1. The van der Waals surface area contributed by atoms with Crippen molar-refractivity contribution in [3.05, 3.63) is 30.5 Å². The van der Waals surface area contributed by atoms with Crippen molar-refractivity contribution in [1.82, 2.24) is 19.7 Å². The Labute approximate surface area is 79.6 Å². The van der Waals surface area contributed by atoms with Gasteiger partial charge in [-0.25, -0.2) is 14.1 Å². The van der Waals surface area contributed by atoms with Gasteiger partial charge in [-0.05, 0) is 6.07 Å². The summed E-state index contributed by atoms with van der Waals surface area (Å²) >= 11 is 0. The molecule has 0 aromatic carbocycles. The minimum atomic E-state index is -0.507. The number of anilines is 1. The van der Waals surface area contributed by atoms with Crippen molar-refractivity contribution in [3.63, 3.8) is 0 Å². The minimum Gasteiger partial charge on any atom is -0.357 e. The summed E-state index contributed by atoms with van der Waals surface area (Å²) in [6.45, 7) is 0. The second-order valence-electron chi connectivity index (χ2n) is 2.57. The molecule has 2 aromatic heterocycles. The largest absolute Gasteiger partial charge is 0.357 e. The molecule has 2 heterocycles. The van der Waals surface area contributed by atoms with Crippen LogP contribution in [0, 0.1) is 5.82 Å². The molecule has 0 bridgehead atoms. The van der Waals surface area contributed by atoms with E-state index in [0.717, 1.165) is 6.20 Å². The van der Waals surface area contributed by atoms with Crippen molar-refractivity contribution in [3.8, 4) is 5.82 Å². The lowest BCUT2D eigenvalue weighted by molar-refractivity contribution is 0.593. The van der Waals surface area contributed by atoms with E-state index in [1.807, 2.05) is 0 Å². The smallest absolute Gasteiger partial charge is 0.224 e. The highest BCUT2D eigenvalue weighted by Gasteiger charge is 2.07. The number of aromatic nitrogens is 4. The molecule has 6 heteroatoms. The van der Waals surface area contributed by atoms with Crippen molar-refractivity contribution in [2.75, 3.05) is 12.4 Å². The highest BCUT2D eigenvalue weighted by molar-refractivity contribution is 5.31. The van der Waals surface area contributed by atoms with Gasteiger partial charge in [-0.15, -0.1) is 0 Å². The van der Waals surface area contributed by atoms with Gasteiger partial charge >= 0.3 is 0 Å². The third-order valence-electron chi connectivity index (χ3n) is 1.67. The van der Waals surface area contributed by atoms with E-state index in [2.05, 4.69) is 20.4 Å². The van der Waals surface area contributed by atoms with E-state index in [4.69, 9.17) is 0 Å². The average Bonchev–Trinajstić information content (AvgIpc) is 2.71. The number of hydrogen-bond donors (Lipinski definition) is 1. The number of nitrogens with zero attached hydrogens (tertiary/aromatic N) is 4. The maximum absolute atomic E-state index is 13.3. The van der Waals surface area contributed by atoms with Crippen LogP contribution in [0.4, 0.5) is 10.3 Å². The van der Waals surface area contributed by atoms with Gasteiger partial charge in [0, 0.05) is 19.4 Å². The maximum Gasteiger partial charge on any atom is 0.224 e. The van der Waals surface area contributed by atoms with Crippen LogP contribution < -0.4 is 5.32 Å². The molecule has 0 fully saturated rings. The fourth-order valence-corrected chi connectivity index (χ4v) is 1.03. The van der Waals surface area contributed by atoms with Gasteiger partial charge in [0.25, 0.3) is 0 Å². The Bertz CT molecular complexity index is 425. The lowest BCUT2D eigenvalue weighted by Crippen LogP contribution is -2.06. The topological polar surface area (TPSA) is 55.6 Å². The van der Waals surface area contributed by atoms with Crippen LogP contribution in [0.15, 0.2) is 24.7 Å². The van der Waals surface area contributed by atoms with E-state index in [1.54, 1.807) is 25.5 Å². The monoisotopic (exact) mass is 193 g/mol. The summed E-state index contributed by atoms with van der Waals surface area (Å²) in [5.74, 6) is -0.0149. The molecule has 0 radical (unpaired) electrons. The quantitative estimate of drug-likeness (QED) is 0.768. The fourth-order valence-electron chi connectivity index (χ4n) is 1.03. The molecule has 1 N–H and O–H groups in total. The van der Waals surface area contributed by atoms with Crippen molar-refractivity contribution < 1.29 is 4.39 Å². The molecule has 0 aliphatic heterocycles. The third-order valence-corrected chi connectivity index (χ3v) is 1.67. The molecule has 2 rings (SSSR count). The molecule has 2 aromatic rings. The van der Waals surface area contributed by atoms with E-state index in [0.29, 0.717) is 5.95 Å². The van der Waals surface area contributed by atoms with Gasteiger partial charge < -0.3 is 5.32 Å². The minimum absolute atomic E-state index is 0.134. The molecule has 0 saturated carbocycles. The van der Waals surface area contributed by atoms with E-state index in [1.165, 1.54) is 4.68 Å². The first-order valence-electron chi connectivity index (χ1n) is 4.01. The molecule has 0 aliphatic rings. The van der Waals surface area contributed by atoms with Crippen LogP contribution in [0.3, 0.4) is 0 Å². The molecule has 0 aliphatic carbocycles. The molecule has 0 atom stereocenters. The SMILES string of the molecule is CNc1ncc(F)c(-n2cccn2)n1.